The summed E-state index contributed by atoms with van der Waals surface area (Å²) in [5, 5.41) is 20.3. The van der Waals surface area contributed by atoms with Crippen LogP contribution in [0.1, 0.15) is 17.3 Å². The lowest BCUT2D eigenvalue weighted by Crippen LogP contribution is -2.31. The topological polar surface area (TPSA) is 73.1 Å². The number of carbonyl (C=O) groups is 1. The molecule has 0 aliphatic carbocycles. The van der Waals surface area contributed by atoms with Crippen LogP contribution < -0.4 is 5.32 Å². The summed E-state index contributed by atoms with van der Waals surface area (Å²) in [6, 6.07) is 5.31. The third-order valence-corrected chi connectivity index (χ3v) is 2.07. The quantitative estimate of drug-likeness (QED) is 0.803. The molecular formula is C10H9ClN2O2. The summed E-state index contributed by atoms with van der Waals surface area (Å²) < 4.78 is 0. The first-order chi connectivity index (χ1) is 7.04. The molecule has 1 aromatic rings. The highest BCUT2D eigenvalue weighted by Crippen LogP contribution is 2.20. The molecule has 0 radical (unpaired) electrons. The Balaban J connectivity index is 2.92. The molecule has 78 valence electrons. The number of benzene rings is 1. The maximum Gasteiger partial charge on any atom is 0.253 e. The van der Waals surface area contributed by atoms with Gasteiger partial charge in [-0.05, 0) is 25.1 Å². The van der Waals surface area contributed by atoms with Crippen LogP contribution in [0.15, 0.2) is 18.2 Å². The summed E-state index contributed by atoms with van der Waals surface area (Å²) in [4.78, 5) is 11.5. The van der Waals surface area contributed by atoms with Crippen molar-refractivity contribution < 1.29 is 9.90 Å². The zero-order valence-corrected chi connectivity index (χ0v) is 8.75. The van der Waals surface area contributed by atoms with Crippen molar-refractivity contribution in [3.8, 4) is 11.8 Å². The SMILES string of the molecule is CC(C#N)NC(=O)c1cc(O)ccc1Cl. The molecule has 0 spiro atoms. The predicted octanol–water partition coefficient (Wildman–Crippen LogP) is 1.69. The number of phenols is 1. The van der Waals surface area contributed by atoms with E-state index < -0.39 is 11.9 Å². The molecule has 1 aromatic carbocycles. The smallest absolute Gasteiger partial charge is 0.253 e. The fourth-order valence-corrected chi connectivity index (χ4v) is 1.20. The van der Waals surface area contributed by atoms with E-state index in [0.717, 1.165) is 0 Å². The number of nitrogens with zero attached hydrogens (tertiary/aromatic N) is 1. The number of hydrogen-bond donors (Lipinski definition) is 2. The van der Waals surface area contributed by atoms with Gasteiger partial charge in [0.1, 0.15) is 11.8 Å². The van der Waals surface area contributed by atoms with E-state index in [1.54, 1.807) is 6.92 Å². The van der Waals surface area contributed by atoms with Crippen molar-refractivity contribution in [2.75, 3.05) is 0 Å². The minimum Gasteiger partial charge on any atom is -0.508 e. The maximum absolute atomic E-state index is 11.5. The summed E-state index contributed by atoms with van der Waals surface area (Å²) >= 11 is 5.76. The van der Waals surface area contributed by atoms with Crippen molar-refractivity contribution in [1.82, 2.24) is 5.32 Å². The lowest BCUT2D eigenvalue weighted by Gasteiger charge is -2.07. The lowest BCUT2D eigenvalue weighted by molar-refractivity contribution is 0.0947. The normalized spacial score (nSPS) is 11.5. The van der Waals surface area contributed by atoms with Gasteiger partial charge in [0.15, 0.2) is 0 Å². The Labute approximate surface area is 92.1 Å². The molecule has 2 N–H and O–H groups in total. The molecule has 1 amide bonds. The third kappa shape index (κ3) is 2.86. The van der Waals surface area contributed by atoms with Gasteiger partial charge in [-0.25, -0.2) is 0 Å². The molecule has 1 rings (SSSR count). The van der Waals surface area contributed by atoms with Crippen LogP contribution in [0.2, 0.25) is 5.02 Å². The highest BCUT2D eigenvalue weighted by molar-refractivity contribution is 6.33. The van der Waals surface area contributed by atoms with Gasteiger partial charge in [0, 0.05) is 0 Å². The van der Waals surface area contributed by atoms with E-state index in [-0.39, 0.29) is 16.3 Å². The number of nitrogens with one attached hydrogen (secondary N) is 1. The van der Waals surface area contributed by atoms with E-state index in [9.17, 15) is 9.90 Å². The standard InChI is InChI=1S/C10H9ClN2O2/c1-6(5-12)13-10(15)8-4-7(14)2-3-9(8)11/h2-4,6,14H,1H3,(H,13,15). The van der Waals surface area contributed by atoms with Gasteiger partial charge in [-0.15, -0.1) is 0 Å². The molecule has 0 aliphatic rings. The average Bonchev–Trinajstić information content (AvgIpc) is 2.21. The molecule has 4 nitrogen and oxygen atoms in total. The van der Waals surface area contributed by atoms with Crippen LogP contribution in [0.4, 0.5) is 0 Å². The molecule has 0 saturated carbocycles. The van der Waals surface area contributed by atoms with Gasteiger partial charge >= 0.3 is 0 Å². The molecule has 0 bridgehead atoms. The minimum absolute atomic E-state index is 0.0471. The van der Waals surface area contributed by atoms with E-state index in [4.69, 9.17) is 16.9 Å². The minimum atomic E-state index is -0.601. The van der Waals surface area contributed by atoms with Gasteiger partial charge in [-0.1, -0.05) is 11.6 Å². The zero-order valence-electron chi connectivity index (χ0n) is 7.99. The summed E-state index contributed by atoms with van der Waals surface area (Å²) in [5.74, 6) is -0.529. The van der Waals surface area contributed by atoms with E-state index in [1.165, 1.54) is 18.2 Å². The summed E-state index contributed by atoms with van der Waals surface area (Å²) in [6.45, 7) is 1.55. The maximum atomic E-state index is 11.5. The van der Waals surface area contributed by atoms with Crippen LogP contribution in [0.5, 0.6) is 5.75 Å². The summed E-state index contributed by atoms with van der Waals surface area (Å²) in [7, 11) is 0. The average molecular weight is 225 g/mol. The molecule has 0 saturated heterocycles. The van der Waals surface area contributed by atoms with E-state index in [1.807, 2.05) is 6.07 Å². The number of aromatic hydroxyl groups is 1. The Morgan fingerprint density at radius 1 is 1.67 bits per heavy atom. The summed E-state index contributed by atoms with van der Waals surface area (Å²) in [5.41, 5.74) is 0.152. The first-order valence-corrected chi connectivity index (χ1v) is 4.61. The van der Waals surface area contributed by atoms with Crippen LogP contribution in [0.25, 0.3) is 0 Å². The Hall–Kier alpha value is -1.73. The van der Waals surface area contributed by atoms with Crippen LogP contribution in [-0.4, -0.2) is 17.1 Å². The van der Waals surface area contributed by atoms with Gasteiger partial charge in [0.2, 0.25) is 0 Å². The van der Waals surface area contributed by atoms with E-state index >= 15 is 0 Å². The van der Waals surface area contributed by atoms with Gasteiger partial charge in [0.05, 0.1) is 16.7 Å². The number of halogens is 1. The van der Waals surface area contributed by atoms with Crippen LogP contribution in [0.3, 0.4) is 0 Å². The van der Waals surface area contributed by atoms with Gasteiger partial charge in [-0.2, -0.15) is 5.26 Å². The second kappa shape index (κ2) is 4.67. The highest BCUT2D eigenvalue weighted by atomic mass is 35.5. The number of carbonyl (C=O) groups excluding carboxylic acids is 1. The number of amides is 1. The second-order valence-electron chi connectivity index (χ2n) is 2.99. The Bertz CT molecular complexity index is 426. The molecule has 0 aliphatic heterocycles. The first-order valence-electron chi connectivity index (χ1n) is 4.23. The Morgan fingerprint density at radius 3 is 2.93 bits per heavy atom. The summed E-state index contributed by atoms with van der Waals surface area (Å²) in [6.07, 6.45) is 0. The van der Waals surface area contributed by atoms with Crippen LogP contribution >= 0.6 is 11.6 Å². The van der Waals surface area contributed by atoms with Crippen LogP contribution in [0, 0.1) is 11.3 Å². The predicted molar refractivity (Wildman–Crippen MR) is 55.7 cm³/mol. The second-order valence-corrected chi connectivity index (χ2v) is 3.40. The first kappa shape index (κ1) is 11.3. The molecule has 1 unspecified atom stereocenters. The number of phenolic OH excluding ortho intramolecular Hbond substituents is 1. The third-order valence-electron chi connectivity index (χ3n) is 1.74. The molecule has 5 heteroatoms. The van der Waals surface area contributed by atoms with Crippen molar-refractivity contribution >= 4 is 17.5 Å². The lowest BCUT2D eigenvalue weighted by atomic mass is 10.2. The zero-order chi connectivity index (χ0) is 11.4. The molecular weight excluding hydrogens is 216 g/mol. The largest absolute Gasteiger partial charge is 0.508 e. The van der Waals surface area contributed by atoms with Crippen LogP contribution in [-0.2, 0) is 0 Å². The van der Waals surface area contributed by atoms with Gasteiger partial charge < -0.3 is 10.4 Å². The van der Waals surface area contributed by atoms with E-state index in [2.05, 4.69) is 5.32 Å². The monoisotopic (exact) mass is 224 g/mol. The number of rotatable bonds is 2. The fraction of sp³-hybridized carbons (Fsp3) is 0.200. The fourth-order valence-electron chi connectivity index (χ4n) is 0.994. The van der Waals surface area contributed by atoms with Crippen molar-refractivity contribution in [1.29, 1.82) is 5.26 Å². The number of hydrogen-bond acceptors (Lipinski definition) is 3. The van der Waals surface area contributed by atoms with E-state index in [0.29, 0.717) is 0 Å². The van der Waals surface area contributed by atoms with Gasteiger partial charge in [0.25, 0.3) is 5.91 Å². The van der Waals surface area contributed by atoms with Crippen molar-refractivity contribution in [3.05, 3.63) is 28.8 Å². The molecule has 0 fully saturated rings. The van der Waals surface area contributed by atoms with Crippen molar-refractivity contribution in [3.63, 3.8) is 0 Å². The highest BCUT2D eigenvalue weighted by Gasteiger charge is 2.13. The van der Waals surface area contributed by atoms with Crippen molar-refractivity contribution in [2.45, 2.75) is 13.0 Å². The molecule has 0 heterocycles. The van der Waals surface area contributed by atoms with Crippen molar-refractivity contribution in [2.24, 2.45) is 0 Å². The Morgan fingerprint density at radius 2 is 2.33 bits per heavy atom. The number of nitriles is 1. The van der Waals surface area contributed by atoms with Gasteiger partial charge in [-0.3, -0.25) is 4.79 Å². The Kier molecular flexibility index (Phi) is 3.53. The molecule has 15 heavy (non-hydrogen) atoms. The molecule has 0 aromatic heterocycles. The molecule has 1 atom stereocenters.